The molecule has 0 aliphatic carbocycles. The number of para-hydroxylation sites is 2. The first kappa shape index (κ1) is 20.9. The largest absolute Gasteiger partial charge is 0.495 e. The van der Waals surface area contributed by atoms with Crippen molar-refractivity contribution in [2.24, 2.45) is 5.41 Å². The van der Waals surface area contributed by atoms with Crippen LogP contribution >= 0.6 is 0 Å². The average molecular weight is 390 g/mol. The molecular formula is C22H35N3O3. The number of ether oxygens (including phenoxy) is 1. The van der Waals surface area contributed by atoms with Crippen LogP contribution in [0.5, 0.6) is 5.75 Å². The van der Waals surface area contributed by atoms with E-state index in [0.29, 0.717) is 19.5 Å². The fourth-order valence-electron chi connectivity index (χ4n) is 4.34. The second-order valence-corrected chi connectivity index (χ2v) is 9.36. The molecule has 1 aromatic rings. The third-order valence-corrected chi connectivity index (χ3v) is 5.65. The maximum absolute atomic E-state index is 13.0. The van der Waals surface area contributed by atoms with Crippen molar-refractivity contribution in [3.63, 3.8) is 0 Å². The van der Waals surface area contributed by atoms with Gasteiger partial charge in [0, 0.05) is 45.8 Å². The van der Waals surface area contributed by atoms with Gasteiger partial charge in [0.05, 0.1) is 12.8 Å². The number of carbonyl (C=O) groups excluding carboxylic acids is 1. The van der Waals surface area contributed by atoms with E-state index in [1.54, 1.807) is 7.11 Å². The highest BCUT2D eigenvalue weighted by atomic mass is 16.5. The number of hydrogen-bond donors (Lipinski definition) is 1. The van der Waals surface area contributed by atoms with Gasteiger partial charge in [-0.3, -0.25) is 9.69 Å². The summed E-state index contributed by atoms with van der Waals surface area (Å²) in [5.41, 5.74) is -0.113. The summed E-state index contributed by atoms with van der Waals surface area (Å²) in [7, 11) is 1.70. The Labute approximate surface area is 169 Å². The summed E-state index contributed by atoms with van der Waals surface area (Å²) in [6.07, 6.45) is 1.42. The number of piperazine rings is 1. The molecule has 28 heavy (non-hydrogen) atoms. The summed E-state index contributed by atoms with van der Waals surface area (Å²) in [6, 6.07) is 8.07. The van der Waals surface area contributed by atoms with Gasteiger partial charge >= 0.3 is 0 Å². The van der Waals surface area contributed by atoms with Crippen molar-refractivity contribution in [3.05, 3.63) is 24.3 Å². The standard InChI is InChI=1S/C22H35N3O3/c1-21(2,3)16-25-11-7-10-22(27,20(25)26)17-23-12-14-24(15-13-23)18-8-5-6-9-19(18)28-4/h5-6,8-9,27H,7,10-17H2,1-4H3/t22-/m1/s1. The summed E-state index contributed by atoms with van der Waals surface area (Å²) < 4.78 is 5.48. The number of likely N-dealkylation sites (tertiary alicyclic amines) is 1. The van der Waals surface area contributed by atoms with Crippen molar-refractivity contribution in [2.75, 3.05) is 57.8 Å². The van der Waals surface area contributed by atoms with Crippen LogP contribution in [0.2, 0.25) is 0 Å². The van der Waals surface area contributed by atoms with Crippen LogP contribution in [0.4, 0.5) is 5.69 Å². The highest BCUT2D eigenvalue weighted by Crippen LogP contribution is 2.30. The fourth-order valence-corrected chi connectivity index (χ4v) is 4.34. The van der Waals surface area contributed by atoms with Gasteiger partial charge in [-0.1, -0.05) is 32.9 Å². The number of methoxy groups -OCH3 is 1. The summed E-state index contributed by atoms with van der Waals surface area (Å²) in [5, 5.41) is 11.2. The van der Waals surface area contributed by atoms with Crippen LogP contribution < -0.4 is 9.64 Å². The normalized spacial score (nSPS) is 24.5. The minimum absolute atomic E-state index is 0.0360. The molecule has 2 aliphatic rings. The van der Waals surface area contributed by atoms with Gasteiger partial charge in [-0.25, -0.2) is 0 Å². The number of anilines is 1. The molecule has 1 N–H and O–H groups in total. The molecule has 3 rings (SSSR count). The molecule has 0 aromatic heterocycles. The lowest BCUT2D eigenvalue weighted by molar-refractivity contribution is -0.161. The summed E-state index contributed by atoms with van der Waals surface area (Å²) >= 11 is 0. The molecule has 0 spiro atoms. The van der Waals surface area contributed by atoms with E-state index < -0.39 is 5.60 Å². The van der Waals surface area contributed by atoms with Gasteiger partial charge in [0.1, 0.15) is 5.75 Å². The lowest BCUT2D eigenvalue weighted by Gasteiger charge is -2.44. The van der Waals surface area contributed by atoms with Gasteiger partial charge in [-0.2, -0.15) is 0 Å². The first-order valence-electron chi connectivity index (χ1n) is 10.3. The van der Waals surface area contributed by atoms with Crippen LogP contribution in [0, 0.1) is 5.41 Å². The number of piperidine rings is 1. The lowest BCUT2D eigenvalue weighted by atomic mass is 9.88. The monoisotopic (exact) mass is 389 g/mol. The van der Waals surface area contributed by atoms with Crippen molar-refractivity contribution >= 4 is 11.6 Å². The summed E-state index contributed by atoms with van der Waals surface area (Å²) in [5.74, 6) is 0.788. The minimum Gasteiger partial charge on any atom is -0.495 e. The van der Waals surface area contributed by atoms with Crippen molar-refractivity contribution in [3.8, 4) is 5.75 Å². The summed E-state index contributed by atoms with van der Waals surface area (Å²) in [4.78, 5) is 19.4. The Morgan fingerprint density at radius 3 is 2.43 bits per heavy atom. The highest BCUT2D eigenvalue weighted by molar-refractivity contribution is 5.86. The maximum Gasteiger partial charge on any atom is 0.255 e. The zero-order valence-corrected chi connectivity index (χ0v) is 17.8. The molecule has 1 aromatic carbocycles. The molecule has 0 unspecified atom stereocenters. The molecule has 2 heterocycles. The first-order valence-corrected chi connectivity index (χ1v) is 10.3. The Balaban J connectivity index is 1.60. The van der Waals surface area contributed by atoms with E-state index in [-0.39, 0.29) is 11.3 Å². The Morgan fingerprint density at radius 2 is 1.79 bits per heavy atom. The Bertz CT molecular complexity index is 680. The van der Waals surface area contributed by atoms with Crippen LogP contribution in [0.25, 0.3) is 0 Å². The van der Waals surface area contributed by atoms with E-state index in [0.717, 1.165) is 50.6 Å². The van der Waals surface area contributed by atoms with Gasteiger partial charge < -0.3 is 19.6 Å². The average Bonchev–Trinajstić information content (AvgIpc) is 2.65. The topological polar surface area (TPSA) is 56.2 Å². The quantitative estimate of drug-likeness (QED) is 0.837. The molecule has 2 saturated heterocycles. The predicted octanol–water partition coefficient (Wildman–Crippen LogP) is 2.22. The van der Waals surface area contributed by atoms with Crippen LogP contribution in [-0.4, -0.2) is 79.3 Å². The second kappa shape index (κ2) is 8.29. The molecule has 6 heteroatoms. The smallest absolute Gasteiger partial charge is 0.255 e. The number of β-amino-alcohol motifs (C(OH)–C–C–N with tert-alkyl or cyclic N) is 1. The minimum atomic E-state index is -1.25. The molecule has 1 amide bonds. The van der Waals surface area contributed by atoms with E-state index in [4.69, 9.17) is 4.74 Å². The van der Waals surface area contributed by atoms with Crippen LogP contribution in [0.15, 0.2) is 24.3 Å². The number of hydrogen-bond acceptors (Lipinski definition) is 5. The van der Waals surface area contributed by atoms with Crippen LogP contribution in [0.3, 0.4) is 0 Å². The Morgan fingerprint density at radius 1 is 1.11 bits per heavy atom. The Hall–Kier alpha value is -1.79. The third-order valence-electron chi connectivity index (χ3n) is 5.65. The maximum atomic E-state index is 13.0. The van der Waals surface area contributed by atoms with E-state index in [1.165, 1.54) is 0 Å². The molecule has 156 valence electrons. The molecule has 2 aliphatic heterocycles. The van der Waals surface area contributed by atoms with E-state index in [1.807, 2.05) is 23.1 Å². The van der Waals surface area contributed by atoms with Crippen LogP contribution in [-0.2, 0) is 4.79 Å². The van der Waals surface area contributed by atoms with Gasteiger partial charge in [0.25, 0.3) is 5.91 Å². The van der Waals surface area contributed by atoms with Gasteiger partial charge in [-0.05, 0) is 30.4 Å². The molecule has 2 fully saturated rings. The van der Waals surface area contributed by atoms with Crippen molar-refractivity contribution in [1.29, 1.82) is 0 Å². The van der Waals surface area contributed by atoms with E-state index in [9.17, 15) is 9.90 Å². The van der Waals surface area contributed by atoms with Crippen molar-refractivity contribution < 1.29 is 14.6 Å². The molecule has 6 nitrogen and oxygen atoms in total. The molecular weight excluding hydrogens is 354 g/mol. The number of amides is 1. The van der Waals surface area contributed by atoms with Crippen molar-refractivity contribution in [1.82, 2.24) is 9.80 Å². The SMILES string of the molecule is COc1ccccc1N1CCN(C[C@]2(O)CCCN(CC(C)(C)C)C2=O)CC1. The van der Waals surface area contributed by atoms with Gasteiger partial charge in [0.15, 0.2) is 5.60 Å². The number of aliphatic hydroxyl groups is 1. The lowest BCUT2D eigenvalue weighted by Crippen LogP contribution is -2.61. The van der Waals surface area contributed by atoms with Crippen molar-refractivity contribution in [2.45, 2.75) is 39.2 Å². The first-order chi connectivity index (χ1) is 13.2. The molecule has 0 bridgehead atoms. The van der Waals surface area contributed by atoms with Crippen LogP contribution in [0.1, 0.15) is 33.6 Å². The molecule has 0 radical (unpaired) electrons. The molecule has 1 atom stereocenters. The molecule has 0 saturated carbocycles. The number of rotatable bonds is 5. The van der Waals surface area contributed by atoms with Gasteiger partial charge in [0.2, 0.25) is 0 Å². The van der Waals surface area contributed by atoms with Gasteiger partial charge in [-0.15, -0.1) is 0 Å². The number of benzene rings is 1. The highest BCUT2D eigenvalue weighted by Gasteiger charge is 2.44. The summed E-state index contributed by atoms with van der Waals surface area (Å²) in [6.45, 7) is 11.6. The zero-order chi connectivity index (χ0) is 20.4. The Kier molecular flexibility index (Phi) is 6.20. The second-order valence-electron chi connectivity index (χ2n) is 9.36. The predicted molar refractivity (Wildman–Crippen MR) is 112 cm³/mol. The number of carbonyl (C=O) groups is 1. The van der Waals surface area contributed by atoms with E-state index >= 15 is 0 Å². The fraction of sp³-hybridized carbons (Fsp3) is 0.682. The van der Waals surface area contributed by atoms with E-state index in [2.05, 4.69) is 36.6 Å². The third kappa shape index (κ3) is 4.78. The number of nitrogens with zero attached hydrogens (tertiary/aromatic N) is 3. The zero-order valence-electron chi connectivity index (χ0n) is 17.8.